The summed E-state index contributed by atoms with van der Waals surface area (Å²) >= 11 is 0. The predicted molar refractivity (Wildman–Crippen MR) is 53.4 cm³/mol. The van der Waals surface area contributed by atoms with Crippen molar-refractivity contribution in [2.24, 2.45) is 5.73 Å². The summed E-state index contributed by atoms with van der Waals surface area (Å²) in [6.45, 7) is 0. The zero-order valence-corrected chi connectivity index (χ0v) is 8.16. The van der Waals surface area contributed by atoms with E-state index in [0.717, 1.165) is 18.9 Å². The summed E-state index contributed by atoms with van der Waals surface area (Å²) in [5.41, 5.74) is 4.87. The van der Waals surface area contributed by atoms with Crippen LogP contribution in [0, 0.1) is 0 Å². The topological polar surface area (TPSA) is 72.2 Å². The smallest absolute Gasteiger partial charge is 0.244 e. The summed E-state index contributed by atoms with van der Waals surface area (Å²) in [5, 5.41) is 2.84. The molecule has 1 rings (SSSR count). The Hall–Kier alpha value is -1.32. The van der Waals surface area contributed by atoms with E-state index in [1.807, 2.05) is 0 Å². The van der Waals surface area contributed by atoms with Crippen molar-refractivity contribution in [1.82, 2.24) is 5.32 Å². The Morgan fingerprint density at radius 2 is 1.79 bits per heavy atom. The molecule has 1 aliphatic rings. The summed E-state index contributed by atoms with van der Waals surface area (Å²) in [5.74, 6) is -0.820. The van der Waals surface area contributed by atoms with Gasteiger partial charge in [-0.05, 0) is 12.8 Å². The number of carbonyl (C=O) groups excluding carboxylic acids is 2. The van der Waals surface area contributed by atoms with E-state index in [4.69, 9.17) is 5.73 Å². The van der Waals surface area contributed by atoms with Gasteiger partial charge < -0.3 is 11.1 Å². The van der Waals surface area contributed by atoms with Crippen molar-refractivity contribution in [1.29, 1.82) is 0 Å². The van der Waals surface area contributed by atoms with Gasteiger partial charge in [-0.1, -0.05) is 19.3 Å². The lowest BCUT2D eigenvalue weighted by Gasteiger charge is -2.21. The quantitative estimate of drug-likeness (QED) is 0.644. The van der Waals surface area contributed by atoms with Gasteiger partial charge in [0.15, 0.2) is 0 Å². The average Bonchev–Trinajstić information content (AvgIpc) is 2.16. The fraction of sp³-hybridized carbons (Fsp3) is 0.600. The first-order valence-electron chi connectivity index (χ1n) is 4.96. The van der Waals surface area contributed by atoms with E-state index < -0.39 is 5.91 Å². The van der Waals surface area contributed by atoms with Crippen molar-refractivity contribution >= 4 is 11.8 Å². The summed E-state index contributed by atoms with van der Waals surface area (Å²) in [6.07, 6.45) is 7.94. The molecule has 0 saturated heterocycles. The summed E-state index contributed by atoms with van der Waals surface area (Å²) < 4.78 is 0. The Labute approximate surface area is 83.5 Å². The molecule has 0 bridgehead atoms. The Morgan fingerprint density at radius 3 is 2.36 bits per heavy atom. The van der Waals surface area contributed by atoms with Crippen LogP contribution in [0.1, 0.15) is 32.1 Å². The van der Waals surface area contributed by atoms with Gasteiger partial charge >= 0.3 is 0 Å². The van der Waals surface area contributed by atoms with E-state index in [1.54, 1.807) is 0 Å². The molecule has 0 aliphatic heterocycles. The molecule has 0 aromatic carbocycles. The van der Waals surface area contributed by atoms with Gasteiger partial charge in [0, 0.05) is 18.2 Å². The van der Waals surface area contributed by atoms with E-state index in [1.165, 1.54) is 25.3 Å². The highest BCUT2D eigenvalue weighted by Gasteiger charge is 2.13. The minimum atomic E-state index is -0.594. The highest BCUT2D eigenvalue weighted by Crippen LogP contribution is 2.17. The standard InChI is InChI=1S/C10H16N2O2/c11-9(13)6-7-10(14)12-8-4-2-1-3-5-8/h6-8H,1-5H2,(H2,11,13)(H,12,14). The second-order valence-electron chi connectivity index (χ2n) is 3.58. The minimum absolute atomic E-state index is 0.226. The second-order valence-corrected chi connectivity index (χ2v) is 3.58. The largest absolute Gasteiger partial charge is 0.366 e. The molecule has 1 saturated carbocycles. The van der Waals surface area contributed by atoms with E-state index in [2.05, 4.69) is 5.32 Å². The van der Waals surface area contributed by atoms with E-state index >= 15 is 0 Å². The Bertz CT molecular complexity index is 243. The molecular formula is C10H16N2O2. The van der Waals surface area contributed by atoms with Gasteiger partial charge in [-0.2, -0.15) is 0 Å². The van der Waals surface area contributed by atoms with Crippen LogP contribution in [-0.4, -0.2) is 17.9 Å². The number of hydrogen-bond donors (Lipinski definition) is 2. The maximum atomic E-state index is 11.2. The molecule has 4 heteroatoms. The van der Waals surface area contributed by atoms with E-state index in [-0.39, 0.29) is 11.9 Å². The third-order valence-electron chi connectivity index (χ3n) is 2.35. The molecule has 2 amide bonds. The molecule has 0 spiro atoms. The normalized spacial score (nSPS) is 18.3. The monoisotopic (exact) mass is 196 g/mol. The van der Waals surface area contributed by atoms with Gasteiger partial charge in [-0.3, -0.25) is 9.59 Å². The first-order valence-corrected chi connectivity index (χ1v) is 4.96. The van der Waals surface area contributed by atoms with Crippen LogP contribution < -0.4 is 11.1 Å². The number of nitrogens with two attached hydrogens (primary N) is 1. The van der Waals surface area contributed by atoms with Crippen LogP contribution in [0.5, 0.6) is 0 Å². The van der Waals surface area contributed by atoms with Crippen molar-refractivity contribution in [3.63, 3.8) is 0 Å². The van der Waals surface area contributed by atoms with Crippen molar-refractivity contribution < 1.29 is 9.59 Å². The summed E-state index contributed by atoms with van der Waals surface area (Å²) in [6, 6.07) is 0.272. The van der Waals surface area contributed by atoms with Crippen LogP contribution in [0.4, 0.5) is 0 Å². The van der Waals surface area contributed by atoms with Gasteiger partial charge in [-0.25, -0.2) is 0 Å². The van der Waals surface area contributed by atoms with Crippen molar-refractivity contribution in [2.75, 3.05) is 0 Å². The maximum absolute atomic E-state index is 11.2. The Balaban J connectivity index is 2.28. The van der Waals surface area contributed by atoms with Crippen LogP contribution >= 0.6 is 0 Å². The molecule has 14 heavy (non-hydrogen) atoms. The van der Waals surface area contributed by atoms with Gasteiger partial charge in [0.05, 0.1) is 0 Å². The average molecular weight is 196 g/mol. The highest BCUT2D eigenvalue weighted by molar-refractivity contribution is 5.96. The molecule has 1 fully saturated rings. The molecule has 0 aromatic heterocycles. The van der Waals surface area contributed by atoms with Crippen LogP contribution in [0.25, 0.3) is 0 Å². The van der Waals surface area contributed by atoms with E-state index in [9.17, 15) is 9.59 Å². The van der Waals surface area contributed by atoms with Crippen molar-refractivity contribution in [2.45, 2.75) is 38.1 Å². The lowest BCUT2D eigenvalue weighted by Crippen LogP contribution is -2.35. The van der Waals surface area contributed by atoms with Crippen LogP contribution in [0.3, 0.4) is 0 Å². The van der Waals surface area contributed by atoms with Crippen LogP contribution in [0.15, 0.2) is 12.2 Å². The second kappa shape index (κ2) is 5.42. The number of carbonyl (C=O) groups is 2. The molecule has 0 unspecified atom stereocenters. The van der Waals surface area contributed by atoms with Crippen molar-refractivity contribution in [3.8, 4) is 0 Å². The number of hydrogen-bond acceptors (Lipinski definition) is 2. The van der Waals surface area contributed by atoms with Crippen molar-refractivity contribution in [3.05, 3.63) is 12.2 Å². The molecule has 0 heterocycles. The van der Waals surface area contributed by atoms with Gasteiger partial charge in [0.2, 0.25) is 11.8 Å². The zero-order chi connectivity index (χ0) is 10.4. The van der Waals surface area contributed by atoms with Gasteiger partial charge in [-0.15, -0.1) is 0 Å². The number of amides is 2. The number of rotatable bonds is 3. The lowest BCUT2D eigenvalue weighted by atomic mass is 9.95. The fourth-order valence-corrected chi connectivity index (χ4v) is 1.65. The lowest BCUT2D eigenvalue weighted by molar-refractivity contribution is -0.118. The molecule has 3 N–H and O–H groups in total. The fourth-order valence-electron chi connectivity index (χ4n) is 1.65. The van der Waals surface area contributed by atoms with E-state index in [0.29, 0.717) is 0 Å². The number of primary amides is 1. The Morgan fingerprint density at radius 1 is 1.14 bits per heavy atom. The summed E-state index contributed by atoms with van der Waals surface area (Å²) in [4.78, 5) is 21.6. The zero-order valence-electron chi connectivity index (χ0n) is 8.16. The number of nitrogens with one attached hydrogen (secondary N) is 1. The first kappa shape index (κ1) is 10.8. The SMILES string of the molecule is NC(=O)C=CC(=O)NC1CCCCC1. The molecular weight excluding hydrogens is 180 g/mol. The molecule has 0 atom stereocenters. The molecule has 4 nitrogen and oxygen atoms in total. The van der Waals surface area contributed by atoms with Crippen LogP contribution in [-0.2, 0) is 9.59 Å². The third kappa shape index (κ3) is 4.07. The van der Waals surface area contributed by atoms with Gasteiger partial charge in [0.25, 0.3) is 0 Å². The maximum Gasteiger partial charge on any atom is 0.244 e. The molecule has 0 aromatic rings. The highest BCUT2D eigenvalue weighted by atomic mass is 16.2. The van der Waals surface area contributed by atoms with Crippen LogP contribution in [0.2, 0.25) is 0 Å². The minimum Gasteiger partial charge on any atom is -0.366 e. The predicted octanol–water partition coefficient (Wildman–Crippen LogP) is 0.477. The first-order chi connectivity index (χ1) is 6.68. The third-order valence-corrected chi connectivity index (χ3v) is 2.35. The Kier molecular flexibility index (Phi) is 4.16. The molecule has 0 radical (unpaired) electrons. The summed E-state index contributed by atoms with van der Waals surface area (Å²) in [7, 11) is 0. The molecule has 78 valence electrons. The van der Waals surface area contributed by atoms with Gasteiger partial charge in [0.1, 0.15) is 0 Å². The molecule has 1 aliphatic carbocycles.